The summed E-state index contributed by atoms with van der Waals surface area (Å²) in [6.45, 7) is 0.190. The highest BCUT2D eigenvalue weighted by Crippen LogP contribution is 2.34. The number of amides is 1. The fourth-order valence-electron chi connectivity index (χ4n) is 3.30. The molecule has 6 heteroatoms. The van der Waals surface area contributed by atoms with E-state index in [0.717, 1.165) is 23.9 Å². The number of hydrogen-bond donors (Lipinski definition) is 2. The van der Waals surface area contributed by atoms with Gasteiger partial charge in [-0.05, 0) is 25.0 Å². The van der Waals surface area contributed by atoms with E-state index < -0.39 is 6.04 Å². The van der Waals surface area contributed by atoms with Gasteiger partial charge in [-0.3, -0.25) is 10.1 Å². The maximum Gasteiger partial charge on any atom is 0.245 e. The minimum Gasteiger partial charge on any atom is -0.383 e. The van der Waals surface area contributed by atoms with E-state index in [-0.39, 0.29) is 12.5 Å². The fraction of sp³-hybridized carbons (Fsp3) is 0.529. The van der Waals surface area contributed by atoms with Gasteiger partial charge in [-0.2, -0.15) is 0 Å². The van der Waals surface area contributed by atoms with Crippen molar-refractivity contribution in [2.75, 3.05) is 19.0 Å². The number of imidazole rings is 1. The van der Waals surface area contributed by atoms with Gasteiger partial charge in [0.15, 0.2) is 0 Å². The van der Waals surface area contributed by atoms with Crippen LogP contribution in [0.5, 0.6) is 0 Å². The van der Waals surface area contributed by atoms with E-state index in [1.807, 2.05) is 18.2 Å². The van der Waals surface area contributed by atoms with Gasteiger partial charge in [0.25, 0.3) is 0 Å². The van der Waals surface area contributed by atoms with Crippen LogP contribution in [0.15, 0.2) is 24.3 Å². The van der Waals surface area contributed by atoms with Crippen LogP contribution in [0.4, 0.5) is 5.95 Å². The lowest BCUT2D eigenvalue weighted by atomic mass is 9.95. The topological polar surface area (TPSA) is 82.2 Å². The standard InChI is InChI=1S/C17H24N4O2/c1-23-11-13(18)16(22)20-17-19-14-9-5-6-10-15(14)21(17)12-7-3-2-4-8-12/h5-6,9-10,12-13H,2-4,7-8,11,18H2,1H3,(H,19,20,22). The normalized spacial score (nSPS) is 17.3. The van der Waals surface area contributed by atoms with Crippen molar-refractivity contribution in [1.29, 1.82) is 0 Å². The van der Waals surface area contributed by atoms with E-state index in [9.17, 15) is 4.79 Å². The molecule has 124 valence electrons. The zero-order chi connectivity index (χ0) is 16.2. The molecule has 0 aliphatic heterocycles. The maximum atomic E-state index is 12.2. The van der Waals surface area contributed by atoms with E-state index in [1.165, 1.54) is 26.4 Å². The van der Waals surface area contributed by atoms with Crippen LogP contribution in [-0.4, -0.2) is 35.2 Å². The number of hydrogen-bond acceptors (Lipinski definition) is 4. The first-order valence-corrected chi connectivity index (χ1v) is 8.23. The number of aromatic nitrogens is 2. The molecule has 3 N–H and O–H groups in total. The Labute approximate surface area is 136 Å². The summed E-state index contributed by atoms with van der Waals surface area (Å²) in [4.78, 5) is 16.8. The van der Waals surface area contributed by atoms with E-state index >= 15 is 0 Å². The predicted molar refractivity (Wildman–Crippen MR) is 90.3 cm³/mol. The minimum atomic E-state index is -0.695. The monoisotopic (exact) mass is 316 g/mol. The number of anilines is 1. The Morgan fingerprint density at radius 1 is 1.39 bits per heavy atom. The van der Waals surface area contributed by atoms with Crippen LogP contribution in [0.2, 0.25) is 0 Å². The zero-order valence-electron chi connectivity index (χ0n) is 13.5. The van der Waals surface area contributed by atoms with Crippen molar-refractivity contribution >= 4 is 22.9 Å². The second kappa shape index (κ2) is 7.10. The first-order valence-electron chi connectivity index (χ1n) is 8.23. The van der Waals surface area contributed by atoms with Crippen LogP contribution in [0.3, 0.4) is 0 Å². The first kappa shape index (κ1) is 16.0. The Hall–Kier alpha value is -1.92. The zero-order valence-corrected chi connectivity index (χ0v) is 13.5. The molecule has 1 aromatic carbocycles. The summed E-state index contributed by atoms with van der Waals surface area (Å²) in [5, 5.41) is 2.89. The van der Waals surface area contributed by atoms with Crippen LogP contribution in [0.1, 0.15) is 38.1 Å². The third-order valence-electron chi connectivity index (χ3n) is 4.45. The molecular weight excluding hydrogens is 292 g/mol. The summed E-state index contributed by atoms with van der Waals surface area (Å²) >= 11 is 0. The highest BCUT2D eigenvalue weighted by atomic mass is 16.5. The van der Waals surface area contributed by atoms with Gasteiger partial charge in [-0.15, -0.1) is 0 Å². The van der Waals surface area contributed by atoms with Crippen LogP contribution in [0.25, 0.3) is 11.0 Å². The highest BCUT2D eigenvalue weighted by molar-refractivity contribution is 5.95. The number of para-hydroxylation sites is 2. The van der Waals surface area contributed by atoms with E-state index in [2.05, 4.69) is 20.9 Å². The molecule has 1 aliphatic carbocycles. The molecule has 1 amide bonds. The van der Waals surface area contributed by atoms with Crippen molar-refractivity contribution in [1.82, 2.24) is 9.55 Å². The van der Waals surface area contributed by atoms with Crippen LogP contribution in [0, 0.1) is 0 Å². The SMILES string of the molecule is COCC(N)C(=O)Nc1nc2ccccc2n1C1CCCCC1. The third kappa shape index (κ3) is 3.38. The summed E-state index contributed by atoms with van der Waals surface area (Å²) < 4.78 is 7.13. The van der Waals surface area contributed by atoms with Gasteiger partial charge >= 0.3 is 0 Å². The van der Waals surface area contributed by atoms with Gasteiger partial charge in [-0.25, -0.2) is 4.98 Å². The number of nitrogens with two attached hydrogens (primary N) is 1. The number of carbonyl (C=O) groups excluding carboxylic acids is 1. The third-order valence-corrected chi connectivity index (χ3v) is 4.45. The van der Waals surface area contributed by atoms with Crippen LogP contribution in [-0.2, 0) is 9.53 Å². The summed E-state index contributed by atoms with van der Waals surface area (Å²) in [6.07, 6.45) is 5.95. The lowest BCUT2D eigenvalue weighted by Gasteiger charge is -2.25. The van der Waals surface area contributed by atoms with Crippen molar-refractivity contribution in [3.63, 3.8) is 0 Å². The number of rotatable bonds is 5. The van der Waals surface area contributed by atoms with Gasteiger partial charge in [0.2, 0.25) is 11.9 Å². The molecule has 1 aromatic heterocycles. The number of ether oxygens (including phenoxy) is 1. The summed E-state index contributed by atoms with van der Waals surface area (Å²) in [5.74, 6) is 0.328. The smallest absolute Gasteiger partial charge is 0.245 e. The van der Waals surface area contributed by atoms with Crippen molar-refractivity contribution in [3.8, 4) is 0 Å². The van der Waals surface area contributed by atoms with E-state index in [4.69, 9.17) is 10.5 Å². The quantitative estimate of drug-likeness (QED) is 0.887. The Morgan fingerprint density at radius 3 is 2.87 bits per heavy atom. The molecule has 1 fully saturated rings. The maximum absolute atomic E-state index is 12.2. The molecule has 0 spiro atoms. The lowest BCUT2D eigenvalue weighted by Crippen LogP contribution is -2.40. The molecule has 1 saturated carbocycles. The molecule has 2 aromatic rings. The Bertz CT molecular complexity index is 676. The van der Waals surface area contributed by atoms with E-state index in [1.54, 1.807) is 0 Å². The molecule has 0 bridgehead atoms. The van der Waals surface area contributed by atoms with Crippen molar-refractivity contribution < 1.29 is 9.53 Å². The lowest BCUT2D eigenvalue weighted by molar-refractivity contribution is -0.118. The highest BCUT2D eigenvalue weighted by Gasteiger charge is 2.23. The van der Waals surface area contributed by atoms with Gasteiger partial charge in [-0.1, -0.05) is 31.4 Å². The average Bonchev–Trinajstić information content (AvgIpc) is 2.93. The number of nitrogens with zero attached hydrogens (tertiary/aromatic N) is 2. The summed E-state index contributed by atoms with van der Waals surface area (Å²) in [6, 6.07) is 7.68. The van der Waals surface area contributed by atoms with Gasteiger partial charge in [0, 0.05) is 13.2 Å². The molecule has 0 radical (unpaired) electrons. The molecular formula is C17H24N4O2. The van der Waals surface area contributed by atoms with Crippen molar-refractivity contribution in [2.24, 2.45) is 5.73 Å². The van der Waals surface area contributed by atoms with Gasteiger partial charge in [0.1, 0.15) is 6.04 Å². The number of nitrogens with one attached hydrogen (secondary N) is 1. The second-order valence-electron chi connectivity index (χ2n) is 6.14. The Kier molecular flexibility index (Phi) is 4.93. The molecule has 3 rings (SSSR count). The molecule has 1 unspecified atom stereocenters. The second-order valence-corrected chi connectivity index (χ2v) is 6.14. The van der Waals surface area contributed by atoms with Crippen molar-refractivity contribution in [3.05, 3.63) is 24.3 Å². The van der Waals surface area contributed by atoms with Crippen molar-refractivity contribution in [2.45, 2.75) is 44.2 Å². The number of fused-ring (bicyclic) bond motifs is 1. The summed E-state index contributed by atoms with van der Waals surface area (Å²) in [5.41, 5.74) is 7.79. The van der Waals surface area contributed by atoms with Gasteiger partial charge in [0.05, 0.1) is 17.6 Å². The number of benzene rings is 1. The molecule has 0 saturated heterocycles. The summed E-state index contributed by atoms with van der Waals surface area (Å²) in [7, 11) is 1.53. The molecule has 6 nitrogen and oxygen atoms in total. The fourth-order valence-corrected chi connectivity index (χ4v) is 3.30. The Morgan fingerprint density at radius 2 is 2.13 bits per heavy atom. The predicted octanol–water partition coefficient (Wildman–Crippen LogP) is 2.45. The largest absolute Gasteiger partial charge is 0.383 e. The van der Waals surface area contributed by atoms with E-state index in [0.29, 0.717) is 12.0 Å². The molecule has 1 atom stereocenters. The van der Waals surface area contributed by atoms with Crippen LogP contribution >= 0.6 is 0 Å². The van der Waals surface area contributed by atoms with Crippen LogP contribution < -0.4 is 11.1 Å². The molecule has 1 aliphatic rings. The molecule has 23 heavy (non-hydrogen) atoms. The minimum absolute atomic E-state index is 0.190. The molecule has 1 heterocycles. The van der Waals surface area contributed by atoms with Gasteiger partial charge < -0.3 is 15.0 Å². The number of methoxy groups -OCH3 is 1. The number of carbonyl (C=O) groups is 1. The average molecular weight is 316 g/mol. The first-order chi connectivity index (χ1) is 11.2. The Balaban J connectivity index is 1.93.